The monoisotopic (exact) mass is 297 g/mol. The predicted octanol–water partition coefficient (Wildman–Crippen LogP) is 1.77. The summed E-state index contributed by atoms with van der Waals surface area (Å²) in [5, 5.41) is 0. The quantitative estimate of drug-likeness (QED) is 0.799. The van der Waals surface area contributed by atoms with Crippen molar-refractivity contribution in [1.29, 1.82) is 0 Å². The van der Waals surface area contributed by atoms with Gasteiger partial charge in [-0.3, -0.25) is 4.84 Å². The predicted molar refractivity (Wildman–Crippen MR) is 56.1 cm³/mol. The van der Waals surface area contributed by atoms with Crippen molar-refractivity contribution < 1.29 is 17.6 Å². The fraction of sp³-hybridized carbons (Fsp3) is 0.250. The first kappa shape index (κ1) is 12.6. The van der Waals surface area contributed by atoms with Crippen LogP contribution < -0.4 is 0 Å². The number of nitrogens with zero attached hydrogens (tertiary/aromatic N) is 1. The maximum atomic E-state index is 13.4. The van der Waals surface area contributed by atoms with Crippen molar-refractivity contribution in [2.75, 3.05) is 14.2 Å². The number of hydrogen-bond acceptors (Lipinski definition) is 3. The Morgan fingerprint density at radius 1 is 1.47 bits per heavy atom. The molecule has 0 saturated heterocycles. The molecule has 0 spiro atoms. The van der Waals surface area contributed by atoms with Crippen LogP contribution in [0.1, 0.15) is 0 Å². The maximum Gasteiger partial charge on any atom is 0.267 e. The summed E-state index contributed by atoms with van der Waals surface area (Å²) in [6.07, 6.45) is 0. The highest BCUT2D eigenvalue weighted by Gasteiger charge is 2.24. The SMILES string of the molecule is CON(C)S(=O)(=O)c1ccc(Br)cc1F. The topological polar surface area (TPSA) is 46.6 Å². The van der Waals surface area contributed by atoms with Crippen molar-refractivity contribution in [3.8, 4) is 0 Å². The Morgan fingerprint density at radius 2 is 2.07 bits per heavy atom. The Morgan fingerprint density at radius 3 is 2.53 bits per heavy atom. The van der Waals surface area contributed by atoms with E-state index in [1.54, 1.807) is 0 Å². The fourth-order valence-electron chi connectivity index (χ4n) is 0.921. The highest BCUT2D eigenvalue weighted by molar-refractivity contribution is 9.10. The third kappa shape index (κ3) is 2.54. The second-order valence-electron chi connectivity index (χ2n) is 2.67. The van der Waals surface area contributed by atoms with Crippen molar-refractivity contribution in [3.63, 3.8) is 0 Å². The van der Waals surface area contributed by atoms with E-state index in [9.17, 15) is 12.8 Å². The van der Waals surface area contributed by atoms with E-state index in [1.165, 1.54) is 26.3 Å². The van der Waals surface area contributed by atoms with E-state index in [-0.39, 0.29) is 0 Å². The first-order valence-electron chi connectivity index (χ1n) is 3.87. The summed E-state index contributed by atoms with van der Waals surface area (Å²) in [5.74, 6) is -0.826. The molecular weight excluding hydrogens is 289 g/mol. The van der Waals surface area contributed by atoms with Crippen LogP contribution in [0.25, 0.3) is 0 Å². The number of rotatable bonds is 3. The van der Waals surface area contributed by atoms with Gasteiger partial charge in [0.25, 0.3) is 10.0 Å². The van der Waals surface area contributed by atoms with Gasteiger partial charge in [-0.2, -0.15) is 0 Å². The van der Waals surface area contributed by atoms with Crippen molar-refractivity contribution >= 4 is 26.0 Å². The van der Waals surface area contributed by atoms with Gasteiger partial charge in [0.1, 0.15) is 10.7 Å². The van der Waals surface area contributed by atoms with Gasteiger partial charge in [0.2, 0.25) is 0 Å². The van der Waals surface area contributed by atoms with Gasteiger partial charge in [0, 0.05) is 11.5 Å². The average molecular weight is 298 g/mol. The highest BCUT2D eigenvalue weighted by Crippen LogP contribution is 2.21. The molecule has 0 unspecified atom stereocenters. The van der Waals surface area contributed by atoms with Gasteiger partial charge >= 0.3 is 0 Å². The third-order valence-corrected chi connectivity index (χ3v) is 3.97. The van der Waals surface area contributed by atoms with Crippen LogP contribution in [0.2, 0.25) is 0 Å². The summed E-state index contributed by atoms with van der Waals surface area (Å²) in [6.45, 7) is 0. The minimum atomic E-state index is -3.92. The molecule has 0 aromatic heterocycles. The zero-order chi connectivity index (χ0) is 11.6. The maximum absolute atomic E-state index is 13.4. The molecule has 15 heavy (non-hydrogen) atoms. The summed E-state index contributed by atoms with van der Waals surface area (Å²) in [6, 6.07) is 3.69. The molecule has 7 heteroatoms. The van der Waals surface area contributed by atoms with Gasteiger partial charge in [-0.1, -0.05) is 20.4 Å². The molecule has 0 aliphatic heterocycles. The smallest absolute Gasteiger partial charge is 0.267 e. The molecule has 0 saturated carbocycles. The lowest BCUT2D eigenvalue weighted by molar-refractivity contribution is -0.0260. The van der Waals surface area contributed by atoms with E-state index >= 15 is 0 Å². The lowest BCUT2D eigenvalue weighted by Crippen LogP contribution is -2.26. The summed E-state index contributed by atoms with van der Waals surface area (Å²) in [4.78, 5) is 4.10. The van der Waals surface area contributed by atoms with Crippen LogP contribution in [-0.4, -0.2) is 27.0 Å². The molecule has 4 nitrogen and oxygen atoms in total. The summed E-state index contributed by atoms with van der Waals surface area (Å²) in [7, 11) is -1.54. The second-order valence-corrected chi connectivity index (χ2v) is 5.49. The number of hydrogen-bond donors (Lipinski definition) is 0. The van der Waals surface area contributed by atoms with Crippen molar-refractivity contribution in [3.05, 3.63) is 28.5 Å². The second kappa shape index (κ2) is 4.56. The molecule has 0 N–H and O–H groups in total. The number of hydroxylamine groups is 1. The average Bonchev–Trinajstić information content (AvgIpc) is 2.15. The third-order valence-electron chi connectivity index (χ3n) is 1.77. The molecule has 0 fully saturated rings. The molecule has 0 heterocycles. The van der Waals surface area contributed by atoms with Crippen LogP contribution in [0.3, 0.4) is 0 Å². The molecule has 84 valence electrons. The first-order valence-corrected chi connectivity index (χ1v) is 6.11. The van der Waals surface area contributed by atoms with Crippen LogP contribution in [0.15, 0.2) is 27.6 Å². The van der Waals surface area contributed by atoms with Crippen LogP contribution in [0.4, 0.5) is 4.39 Å². The zero-order valence-corrected chi connectivity index (χ0v) is 10.5. The van der Waals surface area contributed by atoms with Gasteiger partial charge in [-0.15, -0.1) is 0 Å². The van der Waals surface area contributed by atoms with Gasteiger partial charge in [-0.05, 0) is 18.2 Å². The number of halogens is 2. The van der Waals surface area contributed by atoms with Crippen LogP contribution >= 0.6 is 15.9 Å². The molecule has 0 bridgehead atoms. The van der Waals surface area contributed by atoms with Crippen molar-refractivity contribution in [2.24, 2.45) is 0 Å². The van der Waals surface area contributed by atoms with Gasteiger partial charge in [0.15, 0.2) is 0 Å². The molecule has 0 radical (unpaired) electrons. The number of benzene rings is 1. The minimum absolute atomic E-state index is 0.421. The van der Waals surface area contributed by atoms with Crippen molar-refractivity contribution in [2.45, 2.75) is 4.90 Å². The Kier molecular flexibility index (Phi) is 3.82. The molecule has 0 aliphatic rings. The standard InChI is InChI=1S/C8H9BrFNO3S/c1-11(14-2)15(12,13)8-4-3-6(9)5-7(8)10/h3-5H,1-2H3. The Bertz CT molecular complexity index is 463. The van der Waals surface area contributed by atoms with E-state index in [0.717, 1.165) is 6.07 Å². The van der Waals surface area contributed by atoms with Crippen LogP contribution in [0.5, 0.6) is 0 Å². The fourth-order valence-corrected chi connectivity index (χ4v) is 2.27. The molecule has 1 aromatic carbocycles. The minimum Gasteiger partial charge on any atom is -0.288 e. The van der Waals surface area contributed by atoms with E-state index in [0.29, 0.717) is 8.94 Å². The first-order chi connectivity index (χ1) is 6.89. The lowest BCUT2D eigenvalue weighted by Gasteiger charge is -2.14. The molecule has 1 rings (SSSR count). The van der Waals surface area contributed by atoms with Gasteiger partial charge in [-0.25, -0.2) is 12.8 Å². The molecule has 0 aliphatic carbocycles. The Hall–Kier alpha value is -0.500. The normalized spacial score (nSPS) is 12.1. The van der Waals surface area contributed by atoms with Crippen LogP contribution in [0, 0.1) is 5.82 Å². The molecule has 1 aromatic rings. The molecular formula is C8H9BrFNO3S. The largest absolute Gasteiger partial charge is 0.288 e. The summed E-state index contributed by atoms with van der Waals surface area (Å²) < 4.78 is 37.7. The van der Waals surface area contributed by atoms with Gasteiger partial charge in [0.05, 0.1) is 7.11 Å². The highest BCUT2D eigenvalue weighted by atomic mass is 79.9. The molecule has 0 amide bonds. The zero-order valence-electron chi connectivity index (χ0n) is 8.07. The number of sulfonamides is 1. The van der Waals surface area contributed by atoms with Crippen molar-refractivity contribution in [1.82, 2.24) is 4.47 Å². The van der Waals surface area contributed by atoms with E-state index in [2.05, 4.69) is 20.8 Å². The Labute approximate surface area is 95.8 Å². The van der Waals surface area contributed by atoms with E-state index in [4.69, 9.17) is 0 Å². The summed E-state index contributed by atoms with van der Waals surface area (Å²) in [5.41, 5.74) is 0. The van der Waals surface area contributed by atoms with E-state index < -0.39 is 20.7 Å². The Balaban J connectivity index is 3.28. The van der Waals surface area contributed by atoms with E-state index in [1.807, 2.05) is 0 Å². The van der Waals surface area contributed by atoms with Crippen LogP contribution in [-0.2, 0) is 14.9 Å². The van der Waals surface area contributed by atoms with Gasteiger partial charge < -0.3 is 0 Å². The molecule has 0 atom stereocenters. The lowest BCUT2D eigenvalue weighted by atomic mass is 10.3. The summed E-state index contributed by atoms with van der Waals surface area (Å²) >= 11 is 3.04.